The standard InChI is InChI=1S/C10H18O4S/c1-10(2)5-3-8(14-10)7-15(13)6-4-9(11)12/h8H,3-7H2,1-2H3,(H,11,12). The number of hydrogen-bond donors (Lipinski definition) is 1. The van der Waals surface area contributed by atoms with Crippen LogP contribution in [0.5, 0.6) is 0 Å². The highest BCUT2D eigenvalue weighted by Crippen LogP contribution is 2.29. The van der Waals surface area contributed by atoms with Gasteiger partial charge in [0.1, 0.15) is 0 Å². The van der Waals surface area contributed by atoms with Gasteiger partial charge in [-0.2, -0.15) is 0 Å². The summed E-state index contributed by atoms with van der Waals surface area (Å²) >= 11 is 0. The van der Waals surface area contributed by atoms with Gasteiger partial charge in [-0.05, 0) is 26.7 Å². The molecule has 0 aromatic rings. The summed E-state index contributed by atoms with van der Waals surface area (Å²) in [4.78, 5) is 10.3. The van der Waals surface area contributed by atoms with E-state index in [9.17, 15) is 9.00 Å². The third kappa shape index (κ3) is 4.75. The van der Waals surface area contributed by atoms with Gasteiger partial charge in [0.05, 0.1) is 18.1 Å². The molecule has 4 nitrogen and oxygen atoms in total. The Balaban J connectivity index is 2.25. The number of carbonyl (C=O) groups is 1. The summed E-state index contributed by atoms with van der Waals surface area (Å²) in [6.07, 6.45) is 1.91. The SMILES string of the molecule is CC1(C)CCC(CS(=O)CCC(=O)O)O1. The average molecular weight is 234 g/mol. The van der Waals surface area contributed by atoms with Gasteiger partial charge in [-0.3, -0.25) is 9.00 Å². The molecule has 2 unspecified atom stereocenters. The van der Waals surface area contributed by atoms with E-state index in [0.717, 1.165) is 12.8 Å². The summed E-state index contributed by atoms with van der Waals surface area (Å²) in [7, 11) is -1.07. The van der Waals surface area contributed by atoms with Crippen molar-refractivity contribution < 1.29 is 18.8 Å². The summed E-state index contributed by atoms with van der Waals surface area (Å²) in [5.74, 6) is -0.192. The lowest BCUT2D eigenvalue weighted by Gasteiger charge is -2.18. The first-order valence-corrected chi connectivity index (χ1v) is 6.62. The second kappa shape index (κ2) is 5.07. The Morgan fingerprint density at radius 1 is 1.60 bits per heavy atom. The van der Waals surface area contributed by atoms with Gasteiger partial charge >= 0.3 is 5.97 Å². The third-order valence-electron chi connectivity index (χ3n) is 2.47. The number of carboxylic acids is 1. The maximum Gasteiger partial charge on any atom is 0.304 e. The molecule has 1 rings (SSSR count). The van der Waals surface area contributed by atoms with E-state index in [1.807, 2.05) is 13.8 Å². The van der Waals surface area contributed by atoms with Gasteiger partial charge < -0.3 is 9.84 Å². The number of aliphatic carboxylic acids is 1. The van der Waals surface area contributed by atoms with Crippen LogP contribution in [-0.4, -0.2) is 38.5 Å². The van der Waals surface area contributed by atoms with Crippen molar-refractivity contribution >= 4 is 16.8 Å². The summed E-state index contributed by atoms with van der Waals surface area (Å²) in [6.45, 7) is 4.04. The highest BCUT2D eigenvalue weighted by Gasteiger charge is 2.32. The van der Waals surface area contributed by atoms with Crippen LogP contribution in [0, 0.1) is 0 Å². The smallest absolute Gasteiger partial charge is 0.304 e. The fourth-order valence-electron chi connectivity index (χ4n) is 1.69. The molecule has 1 heterocycles. The Morgan fingerprint density at radius 2 is 2.27 bits per heavy atom. The predicted molar refractivity (Wildman–Crippen MR) is 58.3 cm³/mol. The Hall–Kier alpha value is -0.420. The first-order chi connectivity index (χ1) is 6.89. The molecule has 0 bridgehead atoms. The maximum atomic E-state index is 11.5. The molecule has 2 atom stereocenters. The molecule has 1 saturated heterocycles. The van der Waals surface area contributed by atoms with Gasteiger partial charge in [-0.15, -0.1) is 0 Å². The van der Waals surface area contributed by atoms with Crippen molar-refractivity contribution in [2.75, 3.05) is 11.5 Å². The molecule has 0 aromatic heterocycles. The van der Waals surface area contributed by atoms with Gasteiger partial charge in [0.15, 0.2) is 0 Å². The van der Waals surface area contributed by atoms with Crippen molar-refractivity contribution in [3.8, 4) is 0 Å². The highest BCUT2D eigenvalue weighted by molar-refractivity contribution is 7.85. The van der Waals surface area contributed by atoms with Crippen LogP contribution < -0.4 is 0 Å². The van der Waals surface area contributed by atoms with E-state index >= 15 is 0 Å². The van der Waals surface area contributed by atoms with Crippen LogP contribution in [0.3, 0.4) is 0 Å². The van der Waals surface area contributed by atoms with Crippen molar-refractivity contribution in [1.82, 2.24) is 0 Å². The van der Waals surface area contributed by atoms with Crippen molar-refractivity contribution in [3.63, 3.8) is 0 Å². The van der Waals surface area contributed by atoms with Crippen molar-refractivity contribution in [2.24, 2.45) is 0 Å². The highest BCUT2D eigenvalue weighted by atomic mass is 32.2. The van der Waals surface area contributed by atoms with E-state index in [2.05, 4.69) is 0 Å². The van der Waals surface area contributed by atoms with Crippen LogP contribution in [0.1, 0.15) is 33.1 Å². The van der Waals surface area contributed by atoms with Crippen LogP contribution in [0.25, 0.3) is 0 Å². The van der Waals surface area contributed by atoms with E-state index in [0.29, 0.717) is 5.75 Å². The molecule has 1 fully saturated rings. The molecule has 0 aliphatic carbocycles. The molecule has 5 heteroatoms. The largest absolute Gasteiger partial charge is 0.481 e. The van der Waals surface area contributed by atoms with Crippen LogP contribution in [0.15, 0.2) is 0 Å². The third-order valence-corrected chi connectivity index (χ3v) is 3.87. The van der Waals surface area contributed by atoms with Crippen molar-refractivity contribution in [1.29, 1.82) is 0 Å². The second-order valence-corrected chi connectivity index (χ2v) is 6.11. The number of rotatable bonds is 5. The summed E-state index contributed by atoms with van der Waals surface area (Å²) in [6, 6.07) is 0. The minimum absolute atomic E-state index is 0.0251. The maximum absolute atomic E-state index is 11.5. The molecule has 1 aliphatic heterocycles. The molecule has 0 saturated carbocycles. The first kappa shape index (κ1) is 12.6. The van der Waals surface area contributed by atoms with Gasteiger partial charge in [0.25, 0.3) is 0 Å². The Kier molecular flexibility index (Phi) is 4.28. The number of carboxylic acid groups (broad SMARTS) is 1. The Morgan fingerprint density at radius 3 is 2.73 bits per heavy atom. The summed E-state index contributed by atoms with van der Waals surface area (Å²) in [5, 5.41) is 8.44. The van der Waals surface area contributed by atoms with Crippen LogP contribution >= 0.6 is 0 Å². The molecular formula is C10H18O4S. The zero-order valence-corrected chi connectivity index (χ0v) is 10.0. The van der Waals surface area contributed by atoms with E-state index in [1.54, 1.807) is 0 Å². The Bertz CT molecular complexity index is 262. The average Bonchev–Trinajstić information content (AvgIpc) is 2.42. The van der Waals surface area contributed by atoms with E-state index in [4.69, 9.17) is 9.84 Å². The minimum atomic E-state index is -1.07. The van der Waals surface area contributed by atoms with Gasteiger partial charge in [-0.1, -0.05) is 0 Å². The second-order valence-electron chi connectivity index (χ2n) is 4.49. The van der Waals surface area contributed by atoms with Crippen LogP contribution in [0.4, 0.5) is 0 Å². The zero-order valence-electron chi connectivity index (χ0n) is 9.19. The molecule has 1 N–H and O–H groups in total. The molecule has 1 aliphatic rings. The first-order valence-electron chi connectivity index (χ1n) is 5.14. The predicted octanol–water partition coefficient (Wildman–Crippen LogP) is 1.17. The van der Waals surface area contributed by atoms with Gasteiger partial charge in [0, 0.05) is 22.3 Å². The summed E-state index contributed by atoms with van der Waals surface area (Å²) in [5.41, 5.74) is -0.109. The number of ether oxygens (including phenoxy) is 1. The molecule has 0 aromatic carbocycles. The van der Waals surface area contributed by atoms with Crippen molar-refractivity contribution in [3.05, 3.63) is 0 Å². The fraction of sp³-hybridized carbons (Fsp3) is 0.900. The van der Waals surface area contributed by atoms with E-state index < -0.39 is 16.8 Å². The molecule has 0 radical (unpaired) electrons. The lowest BCUT2D eigenvalue weighted by Crippen LogP contribution is -2.24. The lowest BCUT2D eigenvalue weighted by molar-refractivity contribution is -0.136. The van der Waals surface area contributed by atoms with Crippen LogP contribution in [-0.2, 0) is 20.3 Å². The molecule has 0 amide bonds. The van der Waals surface area contributed by atoms with E-state index in [-0.39, 0.29) is 23.9 Å². The van der Waals surface area contributed by atoms with E-state index in [1.165, 1.54) is 0 Å². The fourth-order valence-corrected chi connectivity index (χ4v) is 2.91. The molecule has 15 heavy (non-hydrogen) atoms. The monoisotopic (exact) mass is 234 g/mol. The minimum Gasteiger partial charge on any atom is -0.481 e. The van der Waals surface area contributed by atoms with Gasteiger partial charge in [0.2, 0.25) is 0 Å². The zero-order chi connectivity index (χ0) is 11.5. The Labute approximate surface area is 92.5 Å². The van der Waals surface area contributed by atoms with Crippen molar-refractivity contribution in [2.45, 2.75) is 44.8 Å². The summed E-state index contributed by atoms with van der Waals surface area (Å²) < 4.78 is 17.2. The lowest BCUT2D eigenvalue weighted by atomic mass is 10.1. The topological polar surface area (TPSA) is 63.6 Å². The molecule has 0 spiro atoms. The quantitative estimate of drug-likeness (QED) is 0.775. The number of hydrogen-bond acceptors (Lipinski definition) is 3. The van der Waals surface area contributed by atoms with Crippen LogP contribution in [0.2, 0.25) is 0 Å². The normalized spacial score (nSPS) is 26.4. The molecule has 88 valence electrons. The molecular weight excluding hydrogens is 216 g/mol. The van der Waals surface area contributed by atoms with Gasteiger partial charge in [-0.25, -0.2) is 0 Å².